The van der Waals surface area contributed by atoms with Crippen LogP contribution in [0.4, 0.5) is 0 Å². The van der Waals surface area contributed by atoms with Crippen molar-refractivity contribution in [1.29, 1.82) is 0 Å². The molecule has 0 bridgehead atoms. The van der Waals surface area contributed by atoms with Gasteiger partial charge in [0.1, 0.15) is 5.75 Å². The molecule has 33 heavy (non-hydrogen) atoms. The van der Waals surface area contributed by atoms with Crippen molar-refractivity contribution in [3.8, 4) is 5.75 Å². The Kier molecular flexibility index (Phi) is 7.00. The van der Waals surface area contributed by atoms with Gasteiger partial charge in [0.05, 0.1) is 12.7 Å². The lowest BCUT2D eigenvalue weighted by atomic mass is 9.87. The Labute approximate surface area is 193 Å². The third kappa shape index (κ3) is 5.57. The normalized spacial score (nSPS) is 11.2. The lowest BCUT2D eigenvalue weighted by Gasteiger charge is -2.16. The average Bonchev–Trinajstić information content (AvgIpc) is 3.29. The maximum Gasteiger partial charge on any atom is 0.341 e. The minimum Gasteiger partial charge on any atom is -0.482 e. The van der Waals surface area contributed by atoms with Crippen molar-refractivity contribution in [3.63, 3.8) is 0 Å². The van der Waals surface area contributed by atoms with Crippen LogP contribution >= 0.6 is 0 Å². The number of nitrogens with zero attached hydrogens (tertiary/aromatic N) is 2. The summed E-state index contributed by atoms with van der Waals surface area (Å²) in [6.45, 7) is 2.19. The molecule has 0 aliphatic carbocycles. The first-order valence-electron chi connectivity index (χ1n) is 10.8. The van der Waals surface area contributed by atoms with Gasteiger partial charge in [0.2, 0.25) is 0 Å². The second kappa shape index (κ2) is 10.5. The Bertz CT molecular complexity index is 1190. The van der Waals surface area contributed by atoms with Crippen molar-refractivity contribution in [2.24, 2.45) is 0 Å². The topological polar surface area (TPSA) is 64.4 Å². The maximum absolute atomic E-state index is 10.8. The van der Waals surface area contributed by atoms with Crippen molar-refractivity contribution >= 4 is 12.0 Å². The molecule has 1 aromatic heterocycles. The molecule has 0 radical (unpaired) electrons. The molecule has 166 valence electrons. The minimum absolute atomic E-state index is 0.121. The first kappa shape index (κ1) is 22.1. The molecule has 0 fully saturated rings. The number of hydrogen-bond acceptors (Lipinski definition) is 3. The largest absolute Gasteiger partial charge is 0.482 e. The lowest BCUT2D eigenvalue weighted by Crippen LogP contribution is -2.10. The van der Waals surface area contributed by atoms with Crippen LogP contribution in [-0.4, -0.2) is 27.5 Å². The van der Waals surface area contributed by atoms with E-state index in [2.05, 4.69) is 59.8 Å². The van der Waals surface area contributed by atoms with Crippen molar-refractivity contribution in [2.75, 3.05) is 6.61 Å². The molecule has 0 aliphatic rings. The van der Waals surface area contributed by atoms with Gasteiger partial charge in [-0.25, -0.2) is 4.79 Å². The Morgan fingerprint density at radius 3 is 2.27 bits per heavy atom. The number of hydrogen-bond donors (Lipinski definition) is 1. The second-order valence-electron chi connectivity index (χ2n) is 7.81. The van der Waals surface area contributed by atoms with Gasteiger partial charge in [-0.2, -0.15) is 5.10 Å². The molecule has 5 heteroatoms. The van der Waals surface area contributed by atoms with E-state index in [1.165, 1.54) is 11.1 Å². The zero-order valence-corrected chi connectivity index (χ0v) is 18.5. The molecule has 0 spiro atoms. The van der Waals surface area contributed by atoms with E-state index in [9.17, 15) is 4.79 Å². The van der Waals surface area contributed by atoms with E-state index in [4.69, 9.17) is 9.84 Å². The third-order valence-corrected chi connectivity index (χ3v) is 5.52. The number of carboxylic acids is 1. The molecule has 0 unspecified atom stereocenters. The smallest absolute Gasteiger partial charge is 0.341 e. The van der Waals surface area contributed by atoms with Gasteiger partial charge in [-0.15, -0.1) is 0 Å². The van der Waals surface area contributed by atoms with Crippen molar-refractivity contribution in [1.82, 2.24) is 9.78 Å². The Balaban J connectivity index is 1.51. The summed E-state index contributed by atoms with van der Waals surface area (Å²) < 4.78 is 7.29. The fraction of sp³-hybridized carbons (Fsp3) is 0.143. The van der Waals surface area contributed by atoms with Crippen LogP contribution in [0.15, 0.2) is 97.3 Å². The highest BCUT2D eigenvalue weighted by Crippen LogP contribution is 2.31. The number of allylic oxidation sites excluding steroid dienone is 1. The molecule has 1 heterocycles. The number of benzene rings is 3. The Hall–Kier alpha value is -4.12. The van der Waals surface area contributed by atoms with E-state index in [-0.39, 0.29) is 12.5 Å². The van der Waals surface area contributed by atoms with Crippen LogP contribution in [0.5, 0.6) is 5.75 Å². The summed E-state index contributed by atoms with van der Waals surface area (Å²) in [4.78, 5) is 10.8. The molecule has 1 N–H and O–H groups in total. The molecule has 0 saturated carbocycles. The Morgan fingerprint density at radius 1 is 0.970 bits per heavy atom. The molecule has 0 atom stereocenters. The van der Waals surface area contributed by atoms with E-state index < -0.39 is 5.97 Å². The molecular weight excluding hydrogens is 412 g/mol. The van der Waals surface area contributed by atoms with Gasteiger partial charge in [-0.3, -0.25) is 4.68 Å². The summed E-state index contributed by atoms with van der Waals surface area (Å²) in [5.41, 5.74) is 5.49. The average molecular weight is 439 g/mol. The zero-order chi connectivity index (χ0) is 23.0. The molecule has 5 nitrogen and oxygen atoms in total. The van der Waals surface area contributed by atoms with Crippen molar-refractivity contribution in [3.05, 3.63) is 125 Å². The third-order valence-electron chi connectivity index (χ3n) is 5.52. The minimum atomic E-state index is -0.992. The standard InChI is InChI=1S/C28H26N2O3/c1-21-22(14-8-16-26(21)33-20-27(31)32)15-9-17-30-19-25(18-29-30)28(23-10-4-2-5-11-23)24-12-6-3-7-13-24/h2-16,18-19,28H,17,20H2,1H3,(H,31,32)/b15-9+. The lowest BCUT2D eigenvalue weighted by molar-refractivity contribution is -0.139. The highest BCUT2D eigenvalue weighted by Gasteiger charge is 2.18. The van der Waals surface area contributed by atoms with Gasteiger partial charge in [-0.1, -0.05) is 84.9 Å². The van der Waals surface area contributed by atoms with E-state index in [1.54, 1.807) is 6.07 Å². The van der Waals surface area contributed by atoms with E-state index in [0.29, 0.717) is 12.3 Å². The SMILES string of the molecule is Cc1c(/C=C/Cn2cc(C(c3ccccc3)c3ccccc3)cn2)cccc1OCC(=O)O. The number of carboxylic acid groups (broad SMARTS) is 1. The molecular formula is C28H26N2O3. The highest BCUT2D eigenvalue weighted by atomic mass is 16.5. The monoisotopic (exact) mass is 438 g/mol. The molecule has 0 aliphatic heterocycles. The molecule has 0 saturated heterocycles. The summed E-state index contributed by atoms with van der Waals surface area (Å²) in [6.07, 6.45) is 8.08. The van der Waals surface area contributed by atoms with Crippen LogP contribution in [0.2, 0.25) is 0 Å². The predicted molar refractivity (Wildman–Crippen MR) is 129 cm³/mol. The van der Waals surface area contributed by atoms with Crippen molar-refractivity contribution < 1.29 is 14.6 Å². The van der Waals surface area contributed by atoms with Crippen LogP contribution in [-0.2, 0) is 11.3 Å². The quantitative estimate of drug-likeness (QED) is 0.372. The highest BCUT2D eigenvalue weighted by molar-refractivity contribution is 5.68. The van der Waals surface area contributed by atoms with E-state index in [1.807, 2.05) is 54.2 Å². The van der Waals surface area contributed by atoms with Crippen LogP contribution < -0.4 is 4.74 Å². The summed E-state index contributed by atoms with van der Waals surface area (Å²) >= 11 is 0. The number of aliphatic carboxylic acids is 1. The fourth-order valence-corrected chi connectivity index (χ4v) is 3.89. The van der Waals surface area contributed by atoms with Crippen LogP contribution in [0.3, 0.4) is 0 Å². The second-order valence-corrected chi connectivity index (χ2v) is 7.81. The fourth-order valence-electron chi connectivity index (χ4n) is 3.89. The molecule has 3 aromatic carbocycles. The van der Waals surface area contributed by atoms with Gasteiger partial charge >= 0.3 is 5.97 Å². The van der Waals surface area contributed by atoms with Crippen LogP contribution in [0.25, 0.3) is 6.08 Å². The van der Waals surface area contributed by atoms with Gasteiger partial charge in [0.25, 0.3) is 0 Å². The summed E-state index contributed by atoms with van der Waals surface area (Å²) in [7, 11) is 0. The molecule has 0 amide bonds. The predicted octanol–water partition coefficient (Wildman–Crippen LogP) is 5.55. The van der Waals surface area contributed by atoms with Gasteiger partial charge < -0.3 is 9.84 Å². The van der Waals surface area contributed by atoms with Gasteiger partial charge in [0, 0.05) is 17.7 Å². The summed E-state index contributed by atoms with van der Waals surface area (Å²) in [6, 6.07) is 26.5. The summed E-state index contributed by atoms with van der Waals surface area (Å²) in [5, 5.41) is 13.4. The zero-order valence-electron chi connectivity index (χ0n) is 18.5. The van der Waals surface area contributed by atoms with Gasteiger partial charge in [0.15, 0.2) is 6.61 Å². The van der Waals surface area contributed by atoms with Crippen LogP contribution in [0, 0.1) is 6.92 Å². The number of ether oxygens (including phenoxy) is 1. The van der Waals surface area contributed by atoms with Crippen LogP contribution in [0.1, 0.15) is 33.7 Å². The van der Waals surface area contributed by atoms with Gasteiger partial charge in [-0.05, 0) is 35.2 Å². The van der Waals surface area contributed by atoms with E-state index in [0.717, 1.165) is 16.7 Å². The molecule has 4 aromatic rings. The molecule has 4 rings (SSSR count). The number of aromatic nitrogens is 2. The number of carbonyl (C=O) groups is 1. The number of rotatable bonds is 9. The first-order valence-corrected chi connectivity index (χ1v) is 10.8. The van der Waals surface area contributed by atoms with Crippen molar-refractivity contribution in [2.45, 2.75) is 19.4 Å². The van der Waals surface area contributed by atoms with E-state index >= 15 is 0 Å². The first-order chi connectivity index (χ1) is 16.1. The summed E-state index contributed by atoms with van der Waals surface area (Å²) in [5.74, 6) is -0.293. The maximum atomic E-state index is 10.8. The Morgan fingerprint density at radius 2 is 1.64 bits per heavy atom.